The topological polar surface area (TPSA) is 77.0 Å². The molecule has 1 N–H and O–H groups in total. The molecule has 1 atom stereocenters. The number of carbonyl (C=O) groups is 2. The zero-order valence-electron chi connectivity index (χ0n) is 14.9. The lowest BCUT2D eigenvalue weighted by Crippen LogP contribution is -2.28. The minimum Gasteiger partial charge on any atom is -0.483 e. The van der Waals surface area contributed by atoms with E-state index >= 15 is 0 Å². The molecule has 0 unspecified atom stereocenters. The van der Waals surface area contributed by atoms with E-state index in [1.807, 2.05) is 30.3 Å². The van der Waals surface area contributed by atoms with Crippen molar-refractivity contribution in [2.45, 2.75) is 20.8 Å². The van der Waals surface area contributed by atoms with Crippen molar-refractivity contribution in [2.24, 2.45) is 11.0 Å². The van der Waals surface area contributed by atoms with Gasteiger partial charge in [0.15, 0.2) is 6.61 Å². The zero-order chi connectivity index (χ0) is 19.1. The predicted octanol–water partition coefficient (Wildman–Crippen LogP) is 3.67. The molecule has 26 heavy (non-hydrogen) atoms. The summed E-state index contributed by atoms with van der Waals surface area (Å²) in [5.41, 5.74) is 2.85. The first kappa shape index (κ1) is 19.9. The van der Waals surface area contributed by atoms with Gasteiger partial charge in [-0.25, -0.2) is 5.43 Å². The lowest BCUT2D eigenvalue weighted by molar-refractivity contribution is -0.145. The maximum atomic E-state index is 11.9. The summed E-state index contributed by atoms with van der Waals surface area (Å²) in [5, 5.41) is 6.01. The summed E-state index contributed by atoms with van der Waals surface area (Å²) in [5.74, 6) is -0.745. The van der Waals surface area contributed by atoms with Gasteiger partial charge in [-0.2, -0.15) is 5.10 Å². The molecule has 0 aromatic heterocycles. The lowest BCUT2D eigenvalue weighted by atomic mass is 10.1. The van der Waals surface area contributed by atoms with Crippen molar-refractivity contribution in [3.05, 3.63) is 40.9 Å². The summed E-state index contributed by atoms with van der Waals surface area (Å²) < 4.78 is 11.3. The van der Waals surface area contributed by atoms with E-state index in [1.165, 1.54) is 0 Å². The monoisotopic (exact) mass is 420 g/mol. The number of ether oxygens (including phenoxy) is 2. The molecule has 2 rings (SSSR count). The Morgan fingerprint density at radius 3 is 2.69 bits per heavy atom. The van der Waals surface area contributed by atoms with Gasteiger partial charge in [0.25, 0.3) is 5.91 Å². The second kappa shape index (κ2) is 9.33. The highest BCUT2D eigenvalue weighted by Gasteiger charge is 2.17. The summed E-state index contributed by atoms with van der Waals surface area (Å²) in [7, 11) is 0. The Hall–Kier alpha value is -2.41. The molecule has 138 valence electrons. The van der Waals surface area contributed by atoms with Crippen molar-refractivity contribution in [3.63, 3.8) is 0 Å². The SMILES string of the molecule is CCOC(=O)[C@@H](C)/C(C)=N\NC(=O)COc1ccc2ccccc2c1Br. The molecule has 0 radical (unpaired) electrons. The number of fused-ring (bicyclic) bond motifs is 1. The van der Waals surface area contributed by atoms with Crippen LogP contribution in [-0.2, 0) is 14.3 Å². The largest absolute Gasteiger partial charge is 0.483 e. The van der Waals surface area contributed by atoms with Crippen LogP contribution in [0.15, 0.2) is 46.0 Å². The van der Waals surface area contributed by atoms with Crippen LogP contribution >= 0.6 is 15.9 Å². The number of hydrazone groups is 1. The van der Waals surface area contributed by atoms with Crippen molar-refractivity contribution >= 4 is 44.3 Å². The van der Waals surface area contributed by atoms with Gasteiger partial charge >= 0.3 is 5.97 Å². The molecule has 0 aliphatic carbocycles. The molecule has 0 heterocycles. The first-order chi connectivity index (χ1) is 12.4. The van der Waals surface area contributed by atoms with E-state index in [1.54, 1.807) is 26.8 Å². The molecule has 2 aromatic rings. The maximum Gasteiger partial charge on any atom is 0.314 e. The van der Waals surface area contributed by atoms with Gasteiger partial charge in [0.2, 0.25) is 0 Å². The quantitative estimate of drug-likeness (QED) is 0.421. The van der Waals surface area contributed by atoms with Gasteiger partial charge in [0, 0.05) is 5.71 Å². The number of rotatable bonds is 7. The van der Waals surface area contributed by atoms with E-state index in [9.17, 15) is 9.59 Å². The van der Waals surface area contributed by atoms with E-state index in [0.717, 1.165) is 15.2 Å². The number of amides is 1. The van der Waals surface area contributed by atoms with Crippen LogP contribution < -0.4 is 10.2 Å². The van der Waals surface area contributed by atoms with Gasteiger partial charge in [-0.05, 0) is 53.5 Å². The Kier molecular flexibility index (Phi) is 7.15. The highest BCUT2D eigenvalue weighted by Crippen LogP contribution is 2.32. The third kappa shape index (κ3) is 5.05. The fraction of sp³-hybridized carbons (Fsp3) is 0.316. The average Bonchev–Trinajstić information content (AvgIpc) is 2.65. The Bertz CT molecular complexity index is 835. The van der Waals surface area contributed by atoms with Crippen LogP contribution in [0.4, 0.5) is 0 Å². The second-order valence-electron chi connectivity index (χ2n) is 5.65. The minimum absolute atomic E-state index is 0.193. The third-order valence-corrected chi connectivity index (χ3v) is 4.63. The molecule has 2 aromatic carbocycles. The number of hydrogen-bond acceptors (Lipinski definition) is 5. The molecule has 0 aliphatic heterocycles. The lowest BCUT2D eigenvalue weighted by Gasteiger charge is -2.11. The first-order valence-electron chi connectivity index (χ1n) is 8.23. The normalized spacial score (nSPS) is 12.5. The number of benzene rings is 2. The van der Waals surface area contributed by atoms with Crippen LogP contribution in [0.5, 0.6) is 5.75 Å². The number of esters is 1. The van der Waals surface area contributed by atoms with Gasteiger partial charge in [-0.3, -0.25) is 9.59 Å². The Morgan fingerprint density at radius 1 is 1.23 bits per heavy atom. The summed E-state index contributed by atoms with van der Waals surface area (Å²) >= 11 is 3.51. The summed E-state index contributed by atoms with van der Waals surface area (Å²) in [6.07, 6.45) is 0. The third-order valence-electron chi connectivity index (χ3n) is 3.81. The van der Waals surface area contributed by atoms with Crippen LogP contribution in [0.2, 0.25) is 0 Å². The first-order valence-corrected chi connectivity index (χ1v) is 9.03. The van der Waals surface area contributed by atoms with Crippen molar-refractivity contribution < 1.29 is 19.1 Å². The van der Waals surface area contributed by atoms with Gasteiger partial charge < -0.3 is 9.47 Å². The Balaban J connectivity index is 1.94. The second-order valence-corrected chi connectivity index (χ2v) is 6.44. The van der Waals surface area contributed by atoms with Gasteiger partial charge in [0.1, 0.15) is 5.75 Å². The molecule has 6 nitrogen and oxygen atoms in total. The van der Waals surface area contributed by atoms with Crippen LogP contribution in [-0.4, -0.2) is 30.8 Å². The molecule has 0 spiro atoms. The molecular weight excluding hydrogens is 400 g/mol. The fourth-order valence-corrected chi connectivity index (χ4v) is 2.79. The number of carbonyl (C=O) groups excluding carboxylic acids is 2. The zero-order valence-corrected chi connectivity index (χ0v) is 16.5. The molecule has 1 amide bonds. The maximum absolute atomic E-state index is 11.9. The summed E-state index contributed by atoms with van der Waals surface area (Å²) in [6.45, 7) is 5.17. The number of hydrogen-bond donors (Lipinski definition) is 1. The van der Waals surface area contributed by atoms with E-state index in [-0.39, 0.29) is 12.6 Å². The standard InChI is InChI=1S/C19H21BrN2O4/c1-4-25-19(24)12(2)13(3)21-22-17(23)11-26-16-10-9-14-7-5-6-8-15(14)18(16)20/h5-10,12H,4,11H2,1-3H3,(H,22,23)/b21-13-/t12-/m0/s1. The molecule has 0 bridgehead atoms. The summed E-state index contributed by atoms with van der Waals surface area (Å²) in [4.78, 5) is 23.6. The van der Waals surface area contributed by atoms with Gasteiger partial charge in [-0.15, -0.1) is 0 Å². The van der Waals surface area contributed by atoms with Gasteiger partial charge in [0.05, 0.1) is 17.0 Å². The molecule has 0 aliphatic rings. The van der Waals surface area contributed by atoms with Crippen LogP contribution in [0.1, 0.15) is 20.8 Å². The van der Waals surface area contributed by atoms with Crippen LogP contribution in [0, 0.1) is 5.92 Å². The molecule has 0 saturated carbocycles. The Morgan fingerprint density at radius 2 is 1.96 bits per heavy atom. The molecule has 0 saturated heterocycles. The smallest absolute Gasteiger partial charge is 0.314 e. The van der Waals surface area contributed by atoms with Crippen molar-refractivity contribution in [1.82, 2.24) is 5.43 Å². The van der Waals surface area contributed by atoms with Crippen molar-refractivity contribution in [2.75, 3.05) is 13.2 Å². The van der Waals surface area contributed by atoms with E-state index in [4.69, 9.17) is 9.47 Å². The minimum atomic E-state index is -0.522. The van der Waals surface area contributed by atoms with Crippen molar-refractivity contribution in [1.29, 1.82) is 0 Å². The summed E-state index contributed by atoms with van der Waals surface area (Å²) in [6, 6.07) is 11.6. The molecular formula is C19H21BrN2O4. The van der Waals surface area contributed by atoms with E-state index < -0.39 is 11.8 Å². The fourth-order valence-electron chi connectivity index (χ4n) is 2.19. The molecule has 7 heteroatoms. The number of halogens is 1. The number of nitrogens with one attached hydrogen (secondary N) is 1. The Labute approximate surface area is 160 Å². The number of nitrogens with zero attached hydrogens (tertiary/aromatic N) is 1. The van der Waals surface area contributed by atoms with Crippen LogP contribution in [0.25, 0.3) is 10.8 Å². The van der Waals surface area contributed by atoms with Crippen molar-refractivity contribution in [3.8, 4) is 5.75 Å². The molecule has 0 fully saturated rings. The average molecular weight is 421 g/mol. The van der Waals surface area contributed by atoms with E-state index in [2.05, 4.69) is 26.5 Å². The predicted molar refractivity (Wildman–Crippen MR) is 104 cm³/mol. The van der Waals surface area contributed by atoms with E-state index in [0.29, 0.717) is 18.1 Å². The van der Waals surface area contributed by atoms with Gasteiger partial charge in [-0.1, -0.05) is 30.3 Å². The highest BCUT2D eigenvalue weighted by atomic mass is 79.9. The highest BCUT2D eigenvalue weighted by molar-refractivity contribution is 9.10. The van der Waals surface area contributed by atoms with Crippen LogP contribution in [0.3, 0.4) is 0 Å².